The molecule has 0 aromatic heterocycles. The van der Waals surface area contributed by atoms with Gasteiger partial charge in [0.1, 0.15) is 0 Å². The molecule has 2 heteroatoms. The molecule has 0 atom stereocenters. The van der Waals surface area contributed by atoms with E-state index in [1.165, 1.54) is 32.1 Å². The molecule has 0 saturated heterocycles. The summed E-state index contributed by atoms with van der Waals surface area (Å²) in [6, 6.07) is 0. The summed E-state index contributed by atoms with van der Waals surface area (Å²) >= 11 is 0. The maximum absolute atomic E-state index is 11.1. The highest BCUT2D eigenvalue weighted by atomic mass is 16.4. The number of allylic oxidation sites excluding steroid dienone is 2. The van der Waals surface area contributed by atoms with E-state index in [4.69, 9.17) is 5.11 Å². The van der Waals surface area contributed by atoms with Gasteiger partial charge < -0.3 is 5.11 Å². The van der Waals surface area contributed by atoms with Gasteiger partial charge >= 0.3 is 5.97 Å². The van der Waals surface area contributed by atoms with Crippen molar-refractivity contribution in [2.24, 2.45) is 0 Å². The molecule has 2 nitrogen and oxygen atoms in total. The second kappa shape index (κ2) is 13.4. The number of carboxylic acids is 1. The molecule has 0 unspecified atom stereocenters. The van der Waals surface area contributed by atoms with E-state index in [1.54, 1.807) is 0 Å². The first-order valence-corrected chi connectivity index (χ1v) is 7.75. The highest BCUT2D eigenvalue weighted by Crippen LogP contribution is 2.13. The largest absolute Gasteiger partial charge is 0.478 e. The van der Waals surface area contributed by atoms with Gasteiger partial charge in [-0.3, -0.25) is 0 Å². The van der Waals surface area contributed by atoms with Crippen molar-refractivity contribution in [2.75, 3.05) is 0 Å². The van der Waals surface area contributed by atoms with Crippen molar-refractivity contribution in [3.05, 3.63) is 24.3 Å². The second-order valence-corrected chi connectivity index (χ2v) is 5.13. The molecule has 0 fully saturated rings. The third-order valence-electron chi connectivity index (χ3n) is 3.33. The van der Waals surface area contributed by atoms with Crippen LogP contribution in [0.3, 0.4) is 0 Å². The van der Waals surface area contributed by atoms with Crippen LogP contribution in [0.5, 0.6) is 0 Å². The third kappa shape index (κ3) is 11.8. The lowest BCUT2D eigenvalue weighted by Gasteiger charge is -2.03. The molecule has 0 aliphatic carbocycles. The lowest BCUT2D eigenvalue weighted by atomic mass is 10.0. The van der Waals surface area contributed by atoms with E-state index in [0.717, 1.165) is 32.1 Å². The Labute approximate surface area is 118 Å². The van der Waals surface area contributed by atoms with Gasteiger partial charge in [0, 0.05) is 5.57 Å². The molecule has 0 aliphatic heterocycles. The predicted octanol–water partition coefficient (Wildman–Crippen LogP) is 5.49. The first-order chi connectivity index (χ1) is 9.22. The summed E-state index contributed by atoms with van der Waals surface area (Å²) < 4.78 is 0. The Balaban J connectivity index is 3.74. The van der Waals surface area contributed by atoms with E-state index in [0.29, 0.717) is 12.0 Å². The SMILES string of the molecule is C=CCCCCC(=CCCCCCCCC)C(=O)O. The zero-order valence-corrected chi connectivity index (χ0v) is 12.5. The minimum Gasteiger partial charge on any atom is -0.478 e. The number of carbonyl (C=O) groups is 1. The molecule has 0 bridgehead atoms. The van der Waals surface area contributed by atoms with Gasteiger partial charge in [0.05, 0.1) is 0 Å². The quantitative estimate of drug-likeness (QED) is 0.272. The number of carboxylic acid groups (broad SMARTS) is 1. The van der Waals surface area contributed by atoms with E-state index >= 15 is 0 Å². The van der Waals surface area contributed by atoms with E-state index in [2.05, 4.69) is 13.5 Å². The average molecular weight is 266 g/mol. The molecule has 0 spiro atoms. The highest BCUT2D eigenvalue weighted by molar-refractivity contribution is 5.86. The summed E-state index contributed by atoms with van der Waals surface area (Å²) in [6.45, 7) is 5.89. The number of unbranched alkanes of at least 4 members (excludes halogenated alkanes) is 8. The van der Waals surface area contributed by atoms with Crippen molar-refractivity contribution >= 4 is 5.97 Å². The van der Waals surface area contributed by atoms with Crippen molar-refractivity contribution in [3.8, 4) is 0 Å². The Hall–Kier alpha value is -1.05. The van der Waals surface area contributed by atoms with Crippen LogP contribution in [0.2, 0.25) is 0 Å². The van der Waals surface area contributed by atoms with Gasteiger partial charge in [-0.25, -0.2) is 4.79 Å². The molecule has 0 heterocycles. The molecule has 0 rings (SSSR count). The summed E-state index contributed by atoms with van der Waals surface area (Å²) in [7, 11) is 0. The Kier molecular flexibility index (Phi) is 12.6. The lowest BCUT2D eigenvalue weighted by molar-refractivity contribution is -0.132. The fourth-order valence-electron chi connectivity index (χ4n) is 2.10. The van der Waals surface area contributed by atoms with Gasteiger partial charge in [0.15, 0.2) is 0 Å². The van der Waals surface area contributed by atoms with Crippen LogP contribution in [-0.4, -0.2) is 11.1 Å². The molecule has 0 radical (unpaired) electrons. The smallest absolute Gasteiger partial charge is 0.331 e. The van der Waals surface area contributed by atoms with Crippen LogP contribution in [0.1, 0.15) is 77.6 Å². The summed E-state index contributed by atoms with van der Waals surface area (Å²) in [4.78, 5) is 11.1. The second-order valence-electron chi connectivity index (χ2n) is 5.13. The number of aliphatic carboxylic acids is 1. The van der Waals surface area contributed by atoms with Gasteiger partial charge in [0.25, 0.3) is 0 Å². The van der Waals surface area contributed by atoms with Gasteiger partial charge in [-0.1, -0.05) is 51.2 Å². The van der Waals surface area contributed by atoms with Gasteiger partial charge in [-0.05, 0) is 38.5 Å². The van der Waals surface area contributed by atoms with Crippen LogP contribution in [-0.2, 0) is 4.79 Å². The van der Waals surface area contributed by atoms with Crippen molar-refractivity contribution in [1.82, 2.24) is 0 Å². The maximum atomic E-state index is 11.1. The van der Waals surface area contributed by atoms with Crippen LogP contribution in [0.15, 0.2) is 24.3 Å². The molecule has 0 aromatic rings. The summed E-state index contributed by atoms with van der Waals surface area (Å²) in [5.74, 6) is -0.746. The zero-order valence-electron chi connectivity index (χ0n) is 12.5. The van der Waals surface area contributed by atoms with E-state index in [-0.39, 0.29) is 0 Å². The number of hydrogen-bond acceptors (Lipinski definition) is 1. The molecule has 0 amide bonds. The van der Waals surface area contributed by atoms with Crippen molar-refractivity contribution in [1.29, 1.82) is 0 Å². The van der Waals surface area contributed by atoms with Crippen molar-refractivity contribution in [2.45, 2.75) is 77.6 Å². The van der Waals surface area contributed by atoms with E-state index in [1.807, 2.05) is 12.2 Å². The van der Waals surface area contributed by atoms with Crippen LogP contribution in [0.4, 0.5) is 0 Å². The minimum absolute atomic E-state index is 0.595. The van der Waals surface area contributed by atoms with E-state index in [9.17, 15) is 4.79 Å². The first kappa shape index (κ1) is 17.9. The topological polar surface area (TPSA) is 37.3 Å². The molecular formula is C17H30O2. The number of rotatable bonds is 13. The monoisotopic (exact) mass is 266 g/mol. The van der Waals surface area contributed by atoms with Crippen LogP contribution in [0.25, 0.3) is 0 Å². The van der Waals surface area contributed by atoms with Crippen molar-refractivity contribution in [3.63, 3.8) is 0 Å². The Morgan fingerprint density at radius 2 is 1.63 bits per heavy atom. The van der Waals surface area contributed by atoms with Gasteiger partial charge in [0.2, 0.25) is 0 Å². The van der Waals surface area contributed by atoms with Gasteiger partial charge in [-0.15, -0.1) is 6.58 Å². The third-order valence-corrected chi connectivity index (χ3v) is 3.33. The van der Waals surface area contributed by atoms with E-state index < -0.39 is 5.97 Å². The molecular weight excluding hydrogens is 236 g/mol. The number of hydrogen-bond donors (Lipinski definition) is 1. The molecule has 1 N–H and O–H groups in total. The van der Waals surface area contributed by atoms with Crippen LogP contribution >= 0.6 is 0 Å². The Bertz CT molecular complexity index is 266. The predicted molar refractivity (Wildman–Crippen MR) is 82.4 cm³/mol. The Morgan fingerprint density at radius 1 is 1.00 bits per heavy atom. The zero-order chi connectivity index (χ0) is 14.3. The average Bonchev–Trinajstić information content (AvgIpc) is 2.39. The molecule has 0 aromatic carbocycles. The summed E-state index contributed by atoms with van der Waals surface area (Å²) in [5, 5.41) is 9.11. The van der Waals surface area contributed by atoms with Crippen molar-refractivity contribution < 1.29 is 9.90 Å². The molecule has 110 valence electrons. The lowest BCUT2D eigenvalue weighted by Crippen LogP contribution is -2.00. The molecule has 0 aliphatic rings. The maximum Gasteiger partial charge on any atom is 0.331 e. The minimum atomic E-state index is -0.746. The Morgan fingerprint density at radius 3 is 2.26 bits per heavy atom. The summed E-state index contributed by atoms with van der Waals surface area (Å²) in [5.41, 5.74) is 0.595. The fourth-order valence-corrected chi connectivity index (χ4v) is 2.10. The fraction of sp³-hybridized carbons (Fsp3) is 0.706. The first-order valence-electron chi connectivity index (χ1n) is 7.75. The molecule has 19 heavy (non-hydrogen) atoms. The van der Waals surface area contributed by atoms with Gasteiger partial charge in [-0.2, -0.15) is 0 Å². The summed E-state index contributed by atoms with van der Waals surface area (Å²) in [6.07, 6.45) is 15.9. The highest BCUT2D eigenvalue weighted by Gasteiger charge is 2.05. The standard InChI is InChI=1S/C17H30O2/c1-3-5-7-9-10-11-13-15-16(17(18)19)14-12-8-6-4-2/h4,15H,2-3,5-14H2,1H3,(H,18,19). The van der Waals surface area contributed by atoms with Crippen LogP contribution in [0, 0.1) is 0 Å². The van der Waals surface area contributed by atoms with Crippen LogP contribution < -0.4 is 0 Å². The molecule has 0 saturated carbocycles. The normalized spacial score (nSPS) is 11.5.